The molecule has 0 aliphatic heterocycles. The molecule has 0 amide bonds. The van der Waals surface area contributed by atoms with Crippen molar-refractivity contribution < 1.29 is 17.5 Å². The van der Waals surface area contributed by atoms with E-state index in [4.69, 9.17) is 4.74 Å². The highest BCUT2D eigenvalue weighted by atomic mass is 32.2. The van der Waals surface area contributed by atoms with Gasteiger partial charge in [-0.3, -0.25) is 0 Å². The highest BCUT2D eigenvalue weighted by Crippen LogP contribution is 2.18. The Bertz CT molecular complexity index is 1040. The molecule has 0 fully saturated rings. The van der Waals surface area contributed by atoms with Gasteiger partial charge in [-0.25, -0.2) is 9.22 Å². The average molecular weight is 384 g/mol. The quantitative estimate of drug-likeness (QED) is 0.499. The van der Waals surface area contributed by atoms with Crippen LogP contribution in [0.2, 0.25) is 0 Å². The topological polar surface area (TPSA) is 67.8 Å². The third kappa shape index (κ3) is 4.92. The standard InChI is InChI=1S/C20H17FN2O3S/c21-19-12-6-4-9-17(19)15-26-20-13-7-5-8-16(20)14-22-23-27(24,25)18-10-2-1-3-11-18/h1-14,23H,15H2. The number of benzene rings is 3. The Labute approximate surface area is 157 Å². The smallest absolute Gasteiger partial charge is 0.276 e. The van der Waals surface area contributed by atoms with Crippen molar-refractivity contribution in [2.75, 3.05) is 0 Å². The average Bonchev–Trinajstić information content (AvgIpc) is 2.69. The number of rotatable bonds is 7. The van der Waals surface area contributed by atoms with Crippen molar-refractivity contribution in [3.8, 4) is 5.75 Å². The van der Waals surface area contributed by atoms with Crippen LogP contribution in [-0.2, 0) is 16.6 Å². The zero-order valence-corrected chi connectivity index (χ0v) is 15.1. The van der Waals surface area contributed by atoms with Crippen molar-refractivity contribution in [2.24, 2.45) is 5.10 Å². The molecule has 0 bridgehead atoms. The van der Waals surface area contributed by atoms with E-state index in [1.165, 1.54) is 24.4 Å². The lowest BCUT2D eigenvalue weighted by atomic mass is 10.2. The number of para-hydroxylation sites is 1. The number of sulfonamides is 1. The Balaban J connectivity index is 1.71. The zero-order valence-electron chi connectivity index (χ0n) is 14.2. The molecule has 0 radical (unpaired) electrons. The molecule has 0 spiro atoms. The van der Waals surface area contributed by atoms with E-state index in [2.05, 4.69) is 9.93 Å². The zero-order chi connectivity index (χ0) is 19.1. The highest BCUT2D eigenvalue weighted by molar-refractivity contribution is 7.89. The second kappa shape index (κ2) is 8.46. The van der Waals surface area contributed by atoms with Crippen LogP contribution in [0.25, 0.3) is 0 Å². The van der Waals surface area contributed by atoms with Crippen LogP contribution in [0.15, 0.2) is 88.9 Å². The van der Waals surface area contributed by atoms with E-state index < -0.39 is 10.0 Å². The molecule has 3 aromatic carbocycles. The molecule has 1 N–H and O–H groups in total. The van der Waals surface area contributed by atoms with Gasteiger partial charge in [0.25, 0.3) is 10.0 Å². The Kier molecular flexibility index (Phi) is 5.83. The molecule has 0 unspecified atom stereocenters. The Morgan fingerprint density at radius 1 is 0.926 bits per heavy atom. The molecule has 3 aromatic rings. The Hall–Kier alpha value is -3.19. The summed E-state index contributed by atoms with van der Waals surface area (Å²) in [6.45, 7) is 0.0489. The van der Waals surface area contributed by atoms with Crippen LogP contribution >= 0.6 is 0 Å². The van der Waals surface area contributed by atoms with Gasteiger partial charge < -0.3 is 4.74 Å². The summed E-state index contributed by atoms with van der Waals surface area (Å²) in [4.78, 5) is 2.28. The lowest BCUT2D eigenvalue weighted by molar-refractivity contribution is 0.299. The van der Waals surface area contributed by atoms with Crippen LogP contribution in [-0.4, -0.2) is 14.6 Å². The molecule has 0 atom stereocenters. The summed E-state index contributed by atoms with van der Waals surface area (Å²) in [7, 11) is -3.74. The van der Waals surface area contributed by atoms with Crippen molar-refractivity contribution in [3.63, 3.8) is 0 Å². The first-order valence-electron chi connectivity index (χ1n) is 8.11. The summed E-state index contributed by atoms with van der Waals surface area (Å²) < 4.78 is 43.7. The van der Waals surface area contributed by atoms with Crippen LogP contribution < -0.4 is 9.57 Å². The third-order valence-corrected chi connectivity index (χ3v) is 4.93. The second-order valence-electron chi connectivity index (χ2n) is 5.58. The molecule has 0 saturated carbocycles. The van der Waals surface area contributed by atoms with Gasteiger partial charge in [0.05, 0.1) is 11.1 Å². The molecular formula is C20H17FN2O3S. The van der Waals surface area contributed by atoms with E-state index in [1.807, 2.05) is 0 Å². The summed E-state index contributed by atoms with van der Waals surface area (Å²) in [5.41, 5.74) is 0.985. The summed E-state index contributed by atoms with van der Waals surface area (Å²) in [5.74, 6) is 0.114. The van der Waals surface area contributed by atoms with Gasteiger partial charge in [-0.2, -0.15) is 13.5 Å². The van der Waals surface area contributed by atoms with Crippen LogP contribution in [0.4, 0.5) is 4.39 Å². The summed E-state index contributed by atoms with van der Waals surface area (Å²) in [6, 6.07) is 21.2. The van der Waals surface area contributed by atoms with Gasteiger partial charge in [-0.15, -0.1) is 0 Å². The lowest BCUT2D eigenvalue weighted by Crippen LogP contribution is -2.18. The van der Waals surface area contributed by atoms with Crippen molar-refractivity contribution in [1.82, 2.24) is 4.83 Å². The maximum Gasteiger partial charge on any atom is 0.276 e. The van der Waals surface area contributed by atoms with Crippen molar-refractivity contribution in [1.29, 1.82) is 0 Å². The van der Waals surface area contributed by atoms with Gasteiger partial charge in [-0.1, -0.05) is 48.5 Å². The largest absolute Gasteiger partial charge is 0.488 e. The number of hydrogen-bond donors (Lipinski definition) is 1. The molecule has 27 heavy (non-hydrogen) atoms. The SMILES string of the molecule is O=S(=O)(NN=Cc1ccccc1OCc1ccccc1F)c1ccccc1. The maximum absolute atomic E-state index is 13.7. The Morgan fingerprint density at radius 3 is 2.37 bits per heavy atom. The fraction of sp³-hybridized carbons (Fsp3) is 0.0500. The lowest BCUT2D eigenvalue weighted by Gasteiger charge is -2.09. The Morgan fingerprint density at radius 2 is 1.59 bits per heavy atom. The molecule has 0 heterocycles. The van der Waals surface area contributed by atoms with E-state index in [1.54, 1.807) is 60.7 Å². The fourth-order valence-corrected chi connectivity index (χ4v) is 3.12. The van der Waals surface area contributed by atoms with Gasteiger partial charge in [0.2, 0.25) is 0 Å². The van der Waals surface area contributed by atoms with E-state index in [9.17, 15) is 12.8 Å². The van der Waals surface area contributed by atoms with Crippen molar-refractivity contribution >= 4 is 16.2 Å². The van der Waals surface area contributed by atoms with Gasteiger partial charge in [0, 0.05) is 11.1 Å². The minimum atomic E-state index is -3.74. The maximum atomic E-state index is 13.7. The summed E-state index contributed by atoms with van der Waals surface area (Å²) in [6.07, 6.45) is 1.34. The number of hydrogen-bond acceptors (Lipinski definition) is 4. The van der Waals surface area contributed by atoms with E-state index >= 15 is 0 Å². The molecule has 7 heteroatoms. The van der Waals surface area contributed by atoms with E-state index in [0.29, 0.717) is 16.9 Å². The van der Waals surface area contributed by atoms with Crippen molar-refractivity contribution in [2.45, 2.75) is 11.5 Å². The predicted octanol–water partition coefficient (Wildman–Crippen LogP) is 3.72. The molecule has 0 aliphatic carbocycles. The number of ether oxygens (including phenoxy) is 1. The fourth-order valence-electron chi connectivity index (χ4n) is 2.31. The number of halogens is 1. The molecule has 138 valence electrons. The first kappa shape index (κ1) is 18.6. The highest BCUT2D eigenvalue weighted by Gasteiger charge is 2.11. The number of hydrazone groups is 1. The summed E-state index contributed by atoms with van der Waals surface area (Å²) >= 11 is 0. The third-order valence-electron chi connectivity index (χ3n) is 3.69. The molecule has 5 nitrogen and oxygen atoms in total. The monoisotopic (exact) mass is 384 g/mol. The predicted molar refractivity (Wildman–Crippen MR) is 102 cm³/mol. The summed E-state index contributed by atoms with van der Waals surface area (Å²) in [5, 5.41) is 3.81. The molecular weight excluding hydrogens is 367 g/mol. The van der Waals surface area contributed by atoms with Crippen LogP contribution in [0.5, 0.6) is 5.75 Å². The van der Waals surface area contributed by atoms with Crippen LogP contribution in [0.1, 0.15) is 11.1 Å². The first-order chi connectivity index (χ1) is 13.1. The van der Waals surface area contributed by atoms with Crippen LogP contribution in [0.3, 0.4) is 0 Å². The molecule has 0 saturated heterocycles. The molecule has 0 aromatic heterocycles. The van der Waals surface area contributed by atoms with Gasteiger partial charge >= 0.3 is 0 Å². The van der Waals surface area contributed by atoms with E-state index in [-0.39, 0.29) is 17.3 Å². The molecule has 0 aliphatic rings. The first-order valence-corrected chi connectivity index (χ1v) is 9.60. The van der Waals surface area contributed by atoms with Gasteiger partial charge in [0.15, 0.2) is 0 Å². The van der Waals surface area contributed by atoms with Crippen LogP contribution in [0, 0.1) is 5.82 Å². The second-order valence-corrected chi connectivity index (χ2v) is 7.24. The number of nitrogens with one attached hydrogen (secondary N) is 1. The van der Waals surface area contributed by atoms with Gasteiger partial charge in [-0.05, 0) is 30.3 Å². The molecule has 3 rings (SSSR count). The minimum Gasteiger partial charge on any atom is -0.488 e. The van der Waals surface area contributed by atoms with Crippen molar-refractivity contribution in [3.05, 3.63) is 95.8 Å². The normalized spacial score (nSPS) is 11.4. The minimum absolute atomic E-state index is 0.0489. The van der Waals surface area contributed by atoms with Gasteiger partial charge in [0.1, 0.15) is 18.2 Å². The van der Waals surface area contributed by atoms with E-state index in [0.717, 1.165) is 0 Å². The number of nitrogens with zero attached hydrogens (tertiary/aromatic N) is 1.